The molecule has 4 atom stereocenters. The molecule has 1 saturated heterocycles. The average Bonchev–Trinajstić information content (AvgIpc) is 2.85. The predicted molar refractivity (Wildman–Crippen MR) is 100 cm³/mol. The molecule has 3 rings (SSSR count). The van der Waals surface area contributed by atoms with Crippen molar-refractivity contribution in [2.45, 2.75) is 43.3 Å². The molecule has 15 heteroatoms. The van der Waals surface area contributed by atoms with Crippen molar-refractivity contribution in [2.24, 2.45) is 5.41 Å². The number of terminal acetylenes is 1. The van der Waals surface area contributed by atoms with Crippen LogP contribution in [0.25, 0.3) is 0 Å². The van der Waals surface area contributed by atoms with Gasteiger partial charge in [-0.15, -0.1) is 6.42 Å². The molecule has 1 aliphatic heterocycles. The molecule has 0 spiro atoms. The van der Waals surface area contributed by atoms with E-state index in [0.29, 0.717) is 6.42 Å². The molecule has 0 radical (unpaired) electrons. The van der Waals surface area contributed by atoms with Gasteiger partial charge in [0.1, 0.15) is 18.0 Å². The number of carboxylic acid groups (broad SMARTS) is 2. The molecule has 0 aromatic carbocycles. The molecule has 182 valence electrons. The van der Waals surface area contributed by atoms with Gasteiger partial charge in [0.25, 0.3) is 0 Å². The van der Waals surface area contributed by atoms with E-state index in [1.807, 2.05) is 5.92 Å². The topological polar surface area (TPSA) is 281 Å². The maximum absolute atomic E-state index is 11.7. The summed E-state index contributed by atoms with van der Waals surface area (Å²) >= 11 is 0. The van der Waals surface area contributed by atoms with Gasteiger partial charge in [-0.2, -0.15) is 4.98 Å². The van der Waals surface area contributed by atoms with E-state index in [1.54, 1.807) is 0 Å². The van der Waals surface area contributed by atoms with Crippen LogP contribution in [0.3, 0.4) is 0 Å². The van der Waals surface area contributed by atoms with Crippen molar-refractivity contribution in [3.8, 4) is 12.3 Å². The first kappa shape index (κ1) is 31.8. The number of anilines is 1. The number of aliphatic hydroxyl groups is 3. The zero-order valence-corrected chi connectivity index (χ0v) is 19.1. The summed E-state index contributed by atoms with van der Waals surface area (Å²) in [7, 11) is 0. The Kier molecular flexibility index (Phi) is 12.0. The molecule has 1 aromatic heterocycles. The van der Waals surface area contributed by atoms with Crippen molar-refractivity contribution in [1.29, 1.82) is 0 Å². The number of aromatic nitrogens is 2. The van der Waals surface area contributed by atoms with E-state index in [9.17, 15) is 34.8 Å². The predicted octanol–water partition coefficient (Wildman–Crippen LogP) is -4.58. The smallest absolute Gasteiger partial charge is 0.549 e. The van der Waals surface area contributed by atoms with Crippen LogP contribution in [0, 0.1) is 17.8 Å². The Morgan fingerprint density at radius 1 is 1.34 bits per heavy atom. The fourth-order valence-corrected chi connectivity index (χ4v) is 2.97. The summed E-state index contributed by atoms with van der Waals surface area (Å²) in [6, 6.07) is 1.33. The molecule has 14 nitrogen and oxygen atoms in total. The van der Waals surface area contributed by atoms with Gasteiger partial charge < -0.3 is 57.9 Å². The fraction of sp³-hybridized carbons (Fsp3) is 0.529. The number of hydrogen-bond acceptors (Lipinski definition) is 13. The minimum atomic E-state index is -2.08. The van der Waals surface area contributed by atoms with Gasteiger partial charge in [-0.05, 0) is 18.9 Å². The quantitative estimate of drug-likeness (QED) is 0.134. The third kappa shape index (κ3) is 5.51. The summed E-state index contributed by atoms with van der Waals surface area (Å²) < 4.78 is 6.17. The van der Waals surface area contributed by atoms with Crippen molar-refractivity contribution < 1.29 is 60.9 Å². The van der Waals surface area contributed by atoms with Gasteiger partial charge >= 0.3 is 26.8 Å². The van der Waals surface area contributed by atoms with Gasteiger partial charge in [0.15, 0.2) is 11.8 Å². The van der Waals surface area contributed by atoms with Crippen LogP contribution in [-0.4, -0.2) is 61.2 Å². The Morgan fingerprint density at radius 2 is 1.88 bits per heavy atom. The third-order valence-electron chi connectivity index (χ3n) is 5.03. The Balaban J connectivity index is 0. The van der Waals surface area contributed by atoms with Crippen molar-refractivity contribution in [2.75, 3.05) is 12.3 Å². The Labute approximate surface area is 196 Å². The number of carboxylic acids is 2. The van der Waals surface area contributed by atoms with E-state index < -0.39 is 53.7 Å². The van der Waals surface area contributed by atoms with Gasteiger partial charge in [-0.1, -0.05) is 12.3 Å². The monoisotopic (exact) mass is 638 g/mol. The zero-order chi connectivity index (χ0) is 22.0. The zero-order valence-electron chi connectivity index (χ0n) is 16.8. The number of hydrogen-bond donors (Lipinski definition) is 6. The normalized spacial score (nSPS) is 26.9. The first-order valence-corrected chi connectivity index (χ1v) is 8.45. The summed E-state index contributed by atoms with van der Waals surface area (Å²) in [6.45, 7) is -0.606. The number of carbonyl (C=O) groups is 2. The molecule has 0 unspecified atom stereocenters. The average molecular weight is 638 g/mol. The number of aliphatic hydroxyl groups excluding tert-OH is 2. The molecule has 1 aliphatic carbocycles. The van der Waals surface area contributed by atoms with Crippen LogP contribution in [0.2, 0.25) is 0 Å². The van der Waals surface area contributed by atoms with Gasteiger partial charge in [0.2, 0.25) is 0 Å². The Bertz CT molecular complexity index is 885. The van der Waals surface area contributed by atoms with Crippen LogP contribution in [0.1, 0.15) is 25.5 Å². The maximum atomic E-state index is 11.7. The van der Waals surface area contributed by atoms with Gasteiger partial charge in [0, 0.05) is 11.6 Å². The van der Waals surface area contributed by atoms with E-state index in [-0.39, 0.29) is 52.0 Å². The van der Waals surface area contributed by atoms with E-state index in [4.69, 9.17) is 22.0 Å². The number of rotatable bonds is 4. The summed E-state index contributed by atoms with van der Waals surface area (Å²) in [6.07, 6.45) is 3.30. The van der Waals surface area contributed by atoms with E-state index >= 15 is 0 Å². The molecular weight excluding hydrogens is 613 g/mol. The second-order valence-electron chi connectivity index (χ2n) is 6.67. The van der Waals surface area contributed by atoms with Crippen molar-refractivity contribution in [3.05, 3.63) is 22.7 Å². The fourth-order valence-electron chi connectivity index (χ4n) is 2.97. The third-order valence-corrected chi connectivity index (χ3v) is 5.03. The van der Waals surface area contributed by atoms with Crippen LogP contribution in [0.5, 0.6) is 0 Å². The van der Waals surface area contributed by atoms with Crippen LogP contribution in [0.4, 0.5) is 5.82 Å². The molecule has 2 heterocycles. The Morgan fingerprint density at radius 3 is 2.16 bits per heavy atom. The molecule has 2 fully saturated rings. The first-order valence-electron chi connectivity index (χ1n) is 8.45. The number of nitrogen functional groups attached to an aromatic ring is 1. The molecule has 1 aromatic rings. The van der Waals surface area contributed by atoms with Crippen molar-refractivity contribution in [3.63, 3.8) is 0 Å². The van der Waals surface area contributed by atoms with Gasteiger partial charge in [-0.3, -0.25) is 4.57 Å². The summed E-state index contributed by atoms with van der Waals surface area (Å²) in [5.41, 5.74) is 0.832. The molecule has 0 bridgehead atoms. The minimum absolute atomic E-state index is 0. The first-order chi connectivity index (χ1) is 13.5. The van der Waals surface area contributed by atoms with Crippen LogP contribution in [-0.2, 0) is 35.4 Å². The summed E-state index contributed by atoms with van der Waals surface area (Å²) in [5.74, 6) is -1.03. The van der Waals surface area contributed by atoms with E-state index in [0.717, 1.165) is 4.57 Å². The second kappa shape index (κ2) is 12.0. The minimum Gasteiger partial charge on any atom is -0.549 e. The van der Waals surface area contributed by atoms with Crippen LogP contribution >= 0.6 is 0 Å². The standard InChI is InChI=1S/C11H13N3O5.C6H8O4.2H3N.Pt/c1-2-11(18)6(5-15)19-9(8(11)16)14-4-3-7(12)13-10(14)17;7-4(8)6(5(9)10)2-1-3-6;;;/h1,3-4,6,8-9,15-16,18H,5H2,(H2,12,13,17);1-3H2,(H,7,8)(H,9,10);2*1H3;/q;;;;+2/p-2/t6-,8+,9-,11-;;;;/m1..../s1. The van der Waals surface area contributed by atoms with Crippen molar-refractivity contribution in [1.82, 2.24) is 21.9 Å². The molecule has 32 heavy (non-hydrogen) atoms. The molecule has 11 N–H and O–H groups in total. The Hall–Kier alpha value is -2.37. The largest absolute Gasteiger partial charge is 2.00 e. The summed E-state index contributed by atoms with van der Waals surface area (Å²) in [4.78, 5) is 35.6. The number of ether oxygens (including phenoxy) is 1. The maximum Gasteiger partial charge on any atom is 2.00 e. The van der Waals surface area contributed by atoms with E-state index in [2.05, 4.69) is 4.98 Å². The number of carbonyl (C=O) groups excluding carboxylic acids is 2. The van der Waals surface area contributed by atoms with Gasteiger partial charge in [0.05, 0.1) is 18.5 Å². The molecule has 0 amide bonds. The SMILES string of the molecule is C#C[C@@]1(O)[C@@H](CO)O[C@@H](n2ccc(N)nc2=O)[C@@H]1O.N.N.O=C([O-])C1(C(=O)[O-])CCC1.[Pt+2]. The van der Waals surface area contributed by atoms with Crippen LogP contribution < -0.4 is 33.9 Å². The van der Waals surface area contributed by atoms with Gasteiger partial charge in [-0.25, -0.2) is 4.79 Å². The second-order valence-corrected chi connectivity index (χ2v) is 6.67. The van der Waals surface area contributed by atoms with Crippen molar-refractivity contribution >= 4 is 17.8 Å². The number of nitrogens with zero attached hydrogens (tertiary/aromatic N) is 2. The number of aliphatic carboxylic acids is 2. The molecular formula is C17H25N5O9Pt. The number of nitrogens with two attached hydrogens (primary N) is 1. The van der Waals surface area contributed by atoms with E-state index in [1.165, 1.54) is 12.3 Å². The van der Waals surface area contributed by atoms with Crippen LogP contribution in [0.15, 0.2) is 17.1 Å². The molecule has 1 saturated carbocycles. The summed E-state index contributed by atoms with van der Waals surface area (Å²) in [5, 5.41) is 49.6. The molecule has 2 aliphatic rings.